The molecule has 4 heteroatoms. The van der Waals surface area contributed by atoms with Crippen molar-refractivity contribution in [1.82, 2.24) is 9.88 Å². The molecule has 3 nitrogen and oxygen atoms in total. The van der Waals surface area contributed by atoms with E-state index in [4.69, 9.17) is 11.6 Å². The molecular weight excluding hydrogens is 344 g/mol. The molecule has 2 aromatic rings. The summed E-state index contributed by atoms with van der Waals surface area (Å²) in [5, 5.41) is 0.751. The predicted octanol–water partition coefficient (Wildman–Crippen LogP) is 5.07. The summed E-state index contributed by atoms with van der Waals surface area (Å²) >= 11 is 6.05. The minimum atomic E-state index is 0.112. The van der Waals surface area contributed by atoms with Crippen LogP contribution in [0.5, 0.6) is 0 Å². The quantitative estimate of drug-likeness (QED) is 0.687. The van der Waals surface area contributed by atoms with Gasteiger partial charge in [0.1, 0.15) is 5.69 Å². The molecule has 140 valence electrons. The number of likely N-dealkylation sites (tertiary alicyclic amines) is 1. The fraction of sp³-hybridized carbons (Fsp3) is 0.455. The smallest absolute Gasteiger partial charge is 0.184 e. The van der Waals surface area contributed by atoms with Gasteiger partial charge in [-0.2, -0.15) is 0 Å². The van der Waals surface area contributed by atoms with Gasteiger partial charge in [0.05, 0.1) is 0 Å². The van der Waals surface area contributed by atoms with E-state index in [9.17, 15) is 4.79 Å². The van der Waals surface area contributed by atoms with Crippen LogP contribution in [0, 0.1) is 5.92 Å². The minimum absolute atomic E-state index is 0.112. The maximum absolute atomic E-state index is 12.9. The topological polar surface area (TPSA) is 33.2 Å². The molecule has 0 aliphatic carbocycles. The van der Waals surface area contributed by atoms with E-state index < -0.39 is 0 Å². The Morgan fingerprint density at radius 1 is 1.15 bits per heavy atom. The largest absolute Gasteiger partial charge is 0.306 e. The van der Waals surface area contributed by atoms with Crippen molar-refractivity contribution >= 4 is 17.4 Å². The van der Waals surface area contributed by atoms with Gasteiger partial charge in [0.25, 0.3) is 0 Å². The van der Waals surface area contributed by atoms with Crippen LogP contribution in [0.15, 0.2) is 42.6 Å². The number of pyridine rings is 1. The number of benzene rings is 1. The van der Waals surface area contributed by atoms with Crippen LogP contribution in [-0.2, 0) is 12.8 Å². The molecule has 0 N–H and O–H groups in total. The normalized spacial score (nSPS) is 15.2. The second-order valence-corrected chi connectivity index (χ2v) is 7.02. The van der Waals surface area contributed by atoms with Crippen LogP contribution >= 0.6 is 11.6 Å². The Labute approximate surface area is 162 Å². The van der Waals surface area contributed by atoms with Gasteiger partial charge in [-0.1, -0.05) is 43.6 Å². The van der Waals surface area contributed by atoms with Crippen molar-refractivity contribution in [2.24, 2.45) is 5.92 Å². The highest BCUT2D eigenvalue weighted by Gasteiger charge is 2.26. The molecule has 1 fully saturated rings. The predicted molar refractivity (Wildman–Crippen MR) is 109 cm³/mol. The van der Waals surface area contributed by atoms with E-state index in [1.807, 2.05) is 44.2 Å². The van der Waals surface area contributed by atoms with Gasteiger partial charge in [-0.15, -0.1) is 0 Å². The van der Waals surface area contributed by atoms with E-state index in [-0.39, 0.29) is 11.7 Å². The number of halogens is 1. The van der Waals surface area contributed by atoms with Gasteiger partial charge in [-0.3, -0.25) is 9.78 Å². The van der Waals surface area contributed by atoms with Gasteiger partial charge in [-0.05, 0) is 75.1 Å². The average Bonchev–Trinajstić information content (AvgIpc) is 2.68. The van der Waals surface area contributed by atoms with Crippen LogP contribution in [0.4, 0.5) is 0 Å². The number of nitrogens with zero attached hydrogens (tertiary/aromatic N) is 2. The van der Waals surface area contributed by atoms with E-state index in [0.29, 0.717) is 5.69 Å². The summed E-state index contributed by atoms with van der Waals surface area (Å²) in [6.45, 7) is 5.97. The number of ketones is 1. The average molecular weight is 373 g/mol. The van der Waals surface area contributed by atoms with E-state index >= 15 is 0 Å². The van der Waals surface area contributed by atoms with E-state index in [1.54, 1.807) is 6.20 Å². The maximum atomic E-state index is 12.9. The van der Waals surface area contributed by atoms with Crippen molar-refractivity contribution < 1.29 is 4.79 Å². The zero-order chi connectivity index (χ0) is 18.9. The maximum Gasteiger partial charge on any atom is 0.184 e. The Kier molecular flexibility index (Phi) is 8.27. The Morgan fingerprint density at radius 3 is 2.58 bits per heavy atom. The number of carbonyl (C=O) groups excluding carboxylic acids is 1. The zero-order valence-electron chi connectivity index (χ0n) is 16.0. The lowest BCUT2D eigenvalue weighted by atomic mass is 9.88. The van der Waals surface area contributed by atoms with E-state index in [2.05, 4.69) is 23.0 Å². The summed E-state index contributed by atoms with van der Waals surface area (Å²) < 4.78 is 0. The Hall–Kier alpha value is -1.71. The van der Waals surface area contributed by atoms with Crippen molar-refractivity contribution in [3.05, 3.63) is 64.4 Å². The van der Waals surface area contributed by atoms with Gasteiger partial charge in [0, 0.05) is 17.1 Å². The number of carbonyl (C=O) groups is 1. The number of hydrogen-bond acceptors (Lipinski definition) is 3. The molecule has 3 rings (SSSR count). The molecule has 0 spiro atoms. The molecule has 1 aliphatic heterocycles. The second kappa shape index (κ2) is 10.4. The summed E-state index contributed by atoms with van der Waals surface area (Å²) in [6.07, 6.45) is 5.26. The van der Waals surface area contributed by atoms with Crippen LogP contribution in [0.2, 0.25) is 5.02 Å². The monoisotopic (exact) mass is 372 g/mol. The first-order valence-electron chi connectivity index (χ1n) is 9.54. The molecule has 0 bridgehead atoms. The molecule has 1 aromatic heterocycles. The summed E-state index contributed by atoms with van der Waals surface area (Å²) in [7, 11) is 2.11. The Balaban J connectivity index is 0.00000117. The Bertz CT molecular complexity index is 709. The molecule has 0 amide bonds. The van der Waals surface area contributed by atoms with E-state index in [1.165, 1.54) is 5.56 Å². The number of aromatic nitrogens is 1. The SMILES string of the molecule is CC.CN1CCC(C(=O)c2ncccc2CCc2cccc(Cl)c2)CC1. The number of Topliss-reactive ketones (excluding diaryl/α,β-unsaturated/α-hetero) is 1. The molecular formula is C22H29ClN2O. The minimum Gasteiger partial charge on any atom is -0.306 e. The van der Waals surface area contributed by atoms with Gasteiger partial charge in [-0.25, -0.2) is 0 Å². The summed E-state index contributed by atoms with van der Waals surface area (Å²) in [6, 6.07) is 11.8. The Morgan fingerprint density at radius 2 is 1.88 bits per heavy atom. The molecule has 26 heavy (non-hydrogen) atoms. The standard InChI is InChI=1S/C20H23ClN2O.C2H6/c1-23-12-9-17(10-13-23)20(24)19-16(5-3-11-22-19)8-7-15-4-2-6-18(21)14-15;1-2/h2-6,11,14,17H,7-10,12-13H2,1H3;1-2H3. The fourth-order valence-corrected chi connectivity index (χ4v) is 3.51. The highest BCUT2D eigenvalue weighted by Crippen LogP contribution is 2.23. The molecule has 2 heterocycles. The van der Waals surface area contributed by atoms with Crippen molar-refractivity contribution in [2.75, 3.05) is 20.1 Å². The summed E-state index contributed by atoms with van der Waals surface area (Å²) in [5.41, 5.74) is 2.89. The second-order valence-electron chi connectivity index (χ2n) is 6.58. The highest BCUT2D eigenvalue weighted by atomic mass is 35.5. The van der Waals surface area contributed by atoms with Gasteiger partial charge in [0.15, 0.2) is 5.78 Å². The van der Waals surface area contributed by atoms with Crippen molar-refractivity contribution in [1.29, 1.82) is 0 Å². The molecule has 1 aromatic carbocycles. The molecule has 1 saturated heterocycles. The third kappa shape index (κ3) is 5.65. The number of hydrogen-bond donors (Lipinski definition) is 0. The number of aryl methyl sites for hydroxylation is 2. The lowest BCUT2D eigenvalue weighted by Gasteiger charge is -2.28. The summed E-state index contributed by atoms with van der Waals surface area (Å²) in [5.74, 6) is 0.325. The first kappa shape index (κ1) is 20.6. The number of piperidine rings is 1. The lowest BCUT2D eigenvalue weighted by molar-refractivity contribution is 0.0850. The van der Waals surface area contributed by atoms with Crippen LogP contribution < -0.4 is 0 Å². The van der Waals surface area contributed by atoms with Crippen LogP contribution in [0.1, 0.15) is 48.3 Å². The molecule has 0 radical (unpaired) electrons. The highest BCUT2D eigenvalue weighted by molar-refractivity contribution is 6.30. The first-order valence-corrected chi connectivity index (χ1v) is 9.92. The fourth-order valence-electron chi connectivity index (χ4n) is 3.30. The first-order chi connectivity index (χ1) is 12.6. The van der Waals surface area contributed by atoms with Gasteiger partial charge in [0.2, 0.25) is 0 Å². The third-order valence-corrected chi connectivity index (χ3v) is 5.02. The van der Waals surface area contributed by atoms with E-state index in [0.717, 1.165) is 49.4 Å². The lowest BCUT2D eigenvalue weighted by Crippen LogP contribution is -2.34. The van der Waals surface area contributed by atoms with Crippen LogP contribution in [0.25, 0.3) is 0 Å². The third-order valence-electron chi connectivity index (χ3n) is 4.79. The van der Waals surface area contributed by atoms with Gasteiger partial charge < -0.3 is 4.90 Å². The molecule has 0 saturated carbocycles. The molecule has 0 atom stereocenters. The van der Waals surface area contributed by atoms with Crippen molar-refractivity contribution in [3.8, 4) is 0 Å². The summed E-state index contributed by atoms with van der Waals surface area (Å²) in [4.78, 5) is 19.6. The number of rotatable bonds is 5. The van der Waals surface area contributed by atoms with Gasteiger partial charge >= 0.3 is 0 Å². The van der Waals surface area contributed by atoms with Crippen molar-refractivity contribution in [2.45, 2.75) is 39.5 Å². The van der Waals surface area contributed by atoms with Crippen molar-refractivity contribution in [3.63, 3.8) is 0 Å². The molecule has 1 aliphatic rings. The zero-order valence-corrected chi connectivity index (χ0v) is 16.8. The van der Waals surface area contributed by atoms with Crippen LogP contribution in [-0.4, -0.2) is 35.8 Å². The molecule has 0 unspecified atom stereocenters. The van der Waals surface area contributed by atoms with Crippen LogP contribution in [0.3, 0.4) is 0 Å².